The molecule has 1 aromatic rings. The molecule has 35 heavy (non-hydrogen) atoms. The van der Waals surface area contributed by atoms with E-state index in [1.165, 1.54) is 23.5 Å². The third kappa shape index (κ3) is 12.5. The van der Waals surface area contributed by atoms with E-state index in [9.17, 15) is 19.5 Å². The second kappa shape index (κ2) is 16.0. The summed E-state index contributed by atoms with van der Waals surface area (Å²) >= 11 is 0. The Balaban J connectivity index is 3.10. The summed E-state index contributed by atoms with van der Waals surface area (Å²) in [6, 6.07) is 5.50. The number of carbonyl (C=O) groups is 3. The number of unbranched alkanes of at least 4 members (excludes halogenated alkanes) is 6. The molecule has 0 radical (unpaired) electrons. The molecule has 1 aromatic carbocycles. The summed E-state index contributed by atoms with van der Waals surface area (Å²) in [5.74, 6) is -0.670. The van der Waals surface area contributed by atoms with E-state index in [-0.39, 0.29) is 24.1 Å². The topological polar surface area (TPSA) is 108 Å². The lowest BCUT2D eigenvalue weighted by Crippen LogP contribution is -2.48. The van der Waals surface area contributed by atoms with Gasteiger partial charge in [-0.05, 0) is 51.3 Å². The highest BCUT2D eigenvalue weighted by Gasteiger charge is 2.31. The van der Waals surface area contributed by atoms with Crippen LogP contribution in [0.5, 0.6) is 5.75 Å². The molecule has 0 aliphatic rings. The molecule has 198 valence electrons. The van der Waals surface area contributed by atoms with Gasteiger partial charge in [0.15, 0.2) is 0 Å². The van der Waals surface area contributed by atoms with E-state index in [0.29, 0.717) is 18.7 Å². The number of hydrogen-bond acceptors (Lipinski definition) is 5. The van der Waals surface area contributed by atoms with Crippen molar-refractivity contribution in [2.24, 2.45) is 0 Å². The fourth-order valence-corrected chi connectivity index (χ4v) is 3.68. The second-order valence-electron chi connectivity index (χ2n) is 9.85. The molecule has 0 aromatic heterocycles. The predicted molar refractivity (Wildman–Crippen MR) is 138 cm³/mol. The summed E-state index contributed by atoms with van der Waals surface area (Å²) in [4.78, 5) is 40.2. The first-order chi connectivity index (χ1) is 16.6. The standard InChI is InChI=1S/C27H45N3O5/c1-6-8-10-11-12-13-18-30(23(32)20-29-26(34)35-27(3,4)5)24(25(33)28-17-9-7-2)21-15-14-16-22(31)19-21/h14-16,19,24,31H,6-13,17-18,20H2,1-5H3,(H,28,33)(H,29,34). The Morgan fingerprint density at radius 3 is 2.26 bits per heavy atom. The number of nitrogens with zero attached hydrogens (tertiary/aromatic N) is 1. The Morgan fingerprint density at radius 1 is 0.971 bits per heavy atom. The van der Waals surface area contributed by atoms with Crippen LogP contribution >= 0.6 is 0 Å². The van der Waals surface area contributed by atoms with Crippen molar-refractivity contribution in [2.75, 3.05) is 19.6 Å². The molecule has 0 fully saturated rings. The molecule has 0 aliphatic carbocycles. The average molecular weight is 492 g/mol. The van der Waals surface area contributed by atoms with Crippen molar-refractivity contribution in [3.63, 3.8) is 0 Å². The summed E-state index contributed by atoms with van der Waals surface area (Å²) in [5.41, 5.74) is -0.162. The van der Waals surface area contributed by atoms with Crippen LogP contribution < -0.4 is 10.6 Å². The van der Waals surface area contributed by atoms with Gasteiger partial charge in [-0.25, -0.2) is 4.79 Å². The maximum absolute atomic E-state index is 13.3. The molecule has 8 heteroatoms. The minimum atomic E-state index is -0.914. The highest BCUT2D eigenvalue weighted by atomic mass is 16.6. The number of amides is 3. The molecule has 1 atom stereocenters. The number of benzene rings is 1. The molecule has 1 unspecified atom stereocenters. The number of alkyl carbamates (subject to hydrolysis) is 1. The van der Waals surface area contributed by atoms with Crippen LogP contribution in [0.15, 0.2) is 24.3 Å². The van der Waals surface area contributed by atoms with E-state index in [1.807, 2.05) is 6.92 Å². The van der Waals surface area contributed by atoms with Gasteiger partial charge < -0.3 is 25.4 Å². The van der Waals surface area contributed by atoms with E-state index in [4.69, 9.17) is 4.74 Å². The van der Waals surface area contributed by atoms with Gasteiger partial charge in [0.2, 0.25) is 11.8 Å². The summed E-state index contributed by atoms with van der Waals surface area (Å²) in [6.45, 7) is 10.0. The predicted octanol–water partition coefficient (Wildman–Crippen LogP) is 5.06. The average Bonchev–Trinajstić information content (AvgIpc) is 2.78. The molecule has 0 heterocycles. The lowest BCUT2D eigenvalue weighted by atomic mass is 10.0. The molecule has 0 saturated heterocycles. The zero-order valence-corrected chi connectivity index (χ0v) is 22.2. The van der Waals surface area contributed by atoms with Crippen LogP contribution in [0.1, 0.15) is 97.6 Å². The fraction of sp³-hybridized carbons (Fsp3) is 0.667. The summed E-state index contributed by atoms with van der Waals surface area (Å²) < 4.78 is 5.24. The van der Waals surface area contributed by atoms with Crippen molar-refractivity contribution in [1.82, 2.24) is 15.5 Å². The van der Waals surface area contributed by atoms with Gasteiger partial charge in [0.05, 0.1) is 0 Å². The largest absolute Gasteiger partial charge is 0.508 e. The van der Waals surface area contributed by atoms with E-state index in [1.54, 1.807) is 32.9 Å². The zero-order valence-electron chi connectivity index (χ0n) is 22.2. The molecular formula is C27H45N3O5. The van der Waals surface area contributed by atoms with E-state index < -0.39 is 17.7 Å². The van der Waals surface area contributed by atoms with Gasteiger partial charge in [-0.2, -0.15) is 0 Å². The minimum absolute atomic E-state index is 0.0210. The lowest BCUT2D eigenvalue weighted by Gasteiger charge is -2.32. The SMILES string of the molecule is CCCCCCCCN(C(=O)CNC(=O)OC(C)(C)C)C(C(=O)NCCCC)c1cccc(O)c1. The van der Waals surface area contributed by atoms with E-state index in [2.05, 4.69) is 17.6 Å². The molecule has 3 N–H and O–H groups in total. The highest BCUT2D eigenvalue weighted by molar-refractivity contribution is 5.90. The summed E-state index contributed by atoms with van der Waals surface area (Å²) in [7, 11) is 0. The van der Waals surface area contributed by atoms with Crippen molar-refractivity contribution in [2.45, 2.75) is 97.6 Å². The molecule has 0 bridgehead atoms. The smallest absolute Gasteiger partial charge is 0.408 e. The number of hydrogen-bond donors (Lipinski definition) is 3. The quantitative estimate of drug-likeness (QED) is 0.297. The number of carbonyl (C=O) groups excluding carboxylic acids is 3. The second-order valence-corrected chi connectivity index (χ2v) is 9.85. The van der Waals surface area contributed by atoms with Gasteiger partial charge in [0, 0.05) is 13.1 Å². The van der Waals surface area contributed by atoms with Crippen molar-refractivity contribution in [3.8, 4) is 5.75 Å². The van der Waals surface area contributed by atoms with E-state index in [0.717, 1.165) is 44.9 Å². The molecule has 0 spiro atoms. The maximum atomic E-state index is 13.3. The molecule has 0 saturated carbocycles. The fourth-order valence-electron chi connectivity index (χ4n) is 3.68. The van der Waals surface area contributed by atoms with Gasteiger partial charge in [-0.3, -0.25) is 9.59 Å². The van der Waals surface area contributed by atoms with Crippen molar-refractivity contribution in [1.29, 1.82) is 0 Å². The third-order valence-electron chi connectivity index (χ3n) is 5.43. The number of phenolic OH excluding ortho intramolecular Hbond substituents is 1. The van der Waals surface area contributed by atoms with Gasteiger partial charge in [0.1, 0.15) is 23.9 Å². The molecular weight excluding hydrogens is 446 g/mol. The van der Waals surface area contributed by atoms with Gasteiger partial charge >= 0.3 is 6.09 Å². The number of aromatic hydroxyl groups is 1. The minimum Gasteiger partial charge on any atom is -0.508 e. The monoisotopic (exact) mass is 491 g/mol. The van der Waals surface area contributed by atoms with Crippen LogP contribution in [0, 0.1) is 0 Å². The first kappa shape index (κ1) is 30.3. The van der Waals surface area contributed by atoms with Crippen LogP contribution in [0.3, 0.4) is 0 Å². The molecule has 1 rings (SSSR count). The summed E-state index contributed by atoms with van der Waals surface area (Å²) in [5, 5.41) is 15.5. The van der Waals surface area contributed by atoms with Gasteiger partial charge in [0.25, 0.3) is 0 Å². The zero-order chi connectivity index (χ0) is 26.3. The number of phenols is 1. The normalized spacial score (nSPS) is 12.0. The first-order valence-corrected chi connectivity index (χ1v) is 12.9. The van der Waals surface area contributed by atoms with E-state index >= 15 is 0 Å². The Morgan fingerprint density at radius 2 is 1.63 bits per heavy atom. The van der Waals surface area contributed by atoms with Gasteiger partial charge in [-0.1, -0.05) is 64.5 Å². The van der Waals surface area contributed by atoms with Crippen molar-refractivity contribution < 1.29 is 24.2 Å². The maximum Gasteiger partial charge on any atom is 0.408 e. The lowest BCUT2D eigenvalue weighted by molar-refractivity contribution is -0.140. The van der Waals surface area contributed by atoms with Crippen LogP contribution in [-0.2, 0) is 14.3 Å². The summed E-state index contributed by atoms with van der Waals surface area (Å²) in [6.07, 6.45) is 7.26. The van der Waals surface area contributed by atoms with Crippen LogP contribution in [0.4, 0.5) is 4.79 Å². The highest BCUT2D eigenvalue weighted by Crippen LogP contribution is 2.25. The Hall–Kier alpha value is -2.77. The first-order valence-electron chi connectivity index (χ1n) is 12.9. The van der Waals surface area contributed by atoms with Crippen molar-refractivity contribution >= 4 is 17.9 Å². The van der Waals surface area contributed by atoms with Crippen LogP contribution in [0.25, 0.3) is 0 Å². The molecule has 8 nitrogen and oxygen atoms in total. The van der Waals surface area contributed by atoms with Crippen LogP contribution in [0.2, 0.25) is 0 Å². The van der Waals surface area contributed by atoms with Crippen LogP contribution in [-0.4, -0.2) is 53.1 Å². The van der Waals surface area contributed by atoms with Gasteiger partial charge in [-0.15, -0.1) is 0 Å². The third-order valence-corrected chi connectivity index (χ3v) is 5.43. The Kier molecular flexibility index (Phi) is 13.8. The molecule has 0 aliphatic heterocycles. The van der Waals surface area contributed by atoms with Crippen molar-refractivity contribution in [3.05, 3.63) is 29.8 Å². The number of nitrogens with one attached hydrogen (secondary N) is 2. The number of rotatable bonds is 15. The Labute approximate surface area is 210 Å². The Bertz CT molecular complexity index is 791. The molecule has 3 amide bonds. The number of ether oxygens (including phenoxy) is 1.